The number of anilines is 1. The third kappa shape index (κ3) is 5.74. The summed E-state index contributed by atoms with van der Waals surface area (Å²) in [6, 6.07) is 25.5. The van der Waals surface area contributed by atoms with Crippen molar-refractivity contribution in [3.63, 3.8) is 0 Å². The number of carbonyl (C=O) groups excluding carboxylic acids is 1. The SMILES string of the molecule is CCOC(=O)C1(c2ccc(-c3ccc(-c4onc(C)c4CN(c4nn[nH]c4Cc4ccccc4)S(C)(=O)=O)cc3)cc2)CC1. The molecular weight excluding hydrogens is 578 g/mol. The molecule has 44 heavy (non-hydrogen) atoms. The van der Waals surface area contributed by atoms with E-state index >= 15 is 0 Å². The van der Waals surface area contributed by atoms with Crippen molar-refractivity contribution in [1.82, 2.24) is 20.6 Å². The molecule has 1 saturated carbocycles. The molecule has 0 unspecified atom stereocenters. The minimum Gasteiger partial charge on any atom is -0.465 e. The Kier molecular flexibility index (Phi) is 7.81. The molecule has 1 fully saturated rings. The van der Waals surface area contributed by atoms with Crippen LogP contribution in [0.25, 0.3) is 22.5 Å². The van der Waals surface area contributed by atoms with E-state index in [1.54, 1.807) is 6.92 Å². The van der Waals surface area contributed by atoms with Gasteiger partial charge in [-0.1, -0.05) is 89.2 Å². The molecule has 3 aromatic carbocycles. The molecule has 226 valence electrons. The predicted octanol–water partition coefficient (Wildman–Crippen LogP) is 5.59. The molecule has 11 heteroatoms. The lowest BCUT2D eigenvalue weighted by molar-refractivity contribution is -0.146. The third-order valence-corrected chi connectivity index (χ3v) is 9.18. The second-order valence-electron chi connectivity index (χ2n) is 11.1. The Hall–Kier alpha value is -4.77. The van der Waals surface area contributed by atoms with Crippen LogP contribution in [0.15, 0.2) is 83.4 Å². The Morgan fingerprint density at radius 3 is 2.23 bits per heavy atom. The maximum atomic E-state index is 13.0. The van der Waals surface area contributed by atoms with Crippen molar-refractivity contribution in [3.05, 3.63) is 107 Å². The maximum absolute atomic E-state index is 13.0. The summed E-state index contributed by atoms with van der Waals surface area (Å²) in [5, 5.41) is 15.1. The van der Waals surface area contributed by atoms with Crippen molar-refractivity contribution in [2.75, 3.05) is 17.2 Å². The summed E-state index contributed by atoms with van der Waals surface area (Å²) in [5.74, 6) is 0.564. The Labute approximate surface area is 256 Å². The number of aryl methyl sites for hydroxylation is 1. The Morgan fingerprint density at radius 2 is 1.61 bits per heavy atom. The molecule has 5 aromatic rings. The molecule has 2 heterocycles. The molecule has 0 radical (unpaired) electrons. The van der Waals surface area contributed by atoms with Gasteiger partial charge in [-0.15, -0.1) is 5.10 Å². The number of aromatic nitrogens is 4. The molecule has 0 atom stereocenters. The molecule has 0 saturated heterocycles. The van der Waals surface area contributed by atoms with Crippen LogP contribution in [0.5, 0.6) is 0 Å². The van der Waals surface area contributed by atoms with Gasteiger partial charge in [-0.2, -0.15) is 0 Å². The van der Waals surface area contributed by atoms with Crippen molar-refractivity contribution in [2.45, 2.75) is 45.1 Å². The van der Waals surface area contributed by atoms with Gasteiger partial charge in [0.05, 0.1) is 36.2 Å². The highest BCUT2D eigenvalue weighted by molar-refractivity contribution is 7.92. The van der Waals surface area contributed by atoms with Gasteiger partial charge in [0.25, 0.3) is 0 Å². The number of esters is 1. The lowest BCUT2D eigenvalue weighted by Crippen LogP contribution is -2.31. The number of H-pyrrole nitrogens is 1. The fourth-order valence-corrected chi connectivity index (χ4v) is 6.28. The van der Waals surface area contributed by atoms with Crippen LogP contribution in [-0.4, -0.2) is 47.8 Å². The van der Waals surface area contributed by atoms with Crippen LogP contribution in [0.2, 0.25) is 0 Å². The molecule has 2 aromatic heterocycles. The van der Waals surface area contributed by atoms with Gasteiger partial charge in [0.1, 0.15) is 0 Å². The largest absolute Gasteiger partial charge is 0.465 e. The number of aromatic amines is 1. The highest BCUT2D eigenvalue weighted by Gasteiger charge is 2.52. The molecule has 1 aliphatic carbocycles. The van der Waals surface area contributed by atoms with E-state index in [9.17, 15) is 13.2 Å². The lowest BCUT2D eigenvalue weighted by atomic mass is 9.93. The number of ether oxygens (including phenoxy) is 1. The van der Waals surface area contributed by atoms with Crippen LogP contribution in [0.3, 0.4) is 0 Å². The van der Waals surface area contributed by atoms with Crippen molar-refractivity contribution in [2.24, 2.45) is 0 Å². The number of rotatable bonds is 11. The number of nitrogens with zero attached hydrogens (tertiary/aromatic N) is 4. The summed E-state index contributed by atoms with van der Waals surface area (Å²) in [4.78, 5) is 12.5. The Morgan fingerprint density at radius 1 is 0.977 bits per heavy atom. The summed E-state index contributed by atoms with van der Waals surface area (Å²) in [7, 11) is -3.74. The second-order valence-corrected chi connectivity index (χ2v) is 13.0. The van der Waals surface area contributed by atoms with E-state index in [4.69, 9.17) is 9.26 Å². The third-order valence-electron chi connectivity index (χ3n) is 8.08. The number of carbonyl (C=O) groups is 1. The first-order valence-corrected chi connectivity index (χ1v) is 16.3. The van der Waals surface area contributed by atoms with Crippen molar-refractivity contribution < 1.29 is 22.5 Å². The van der Waals surface area contributed by atoms with E-state index in [2.05, 4.69) is 20.6 Å². The molecule has 10 nitrogen and oxygen atoms in total. The van der Waals surface area contributed by atoms with Crippen LogP contribution in [-0.2, 0) is 37.9 Å². The van der Waals surface area contributed by atoms with Gasteiger partial charge in [0, 0.05) is 17.5 Å². The zero-order chi connectivity index (χ0) is 30.9. The van der Waals surface area contributed by atoms with Crippen LogP contribution in [0.4, 0.5) is 5.82 Å². The van der Waals surface area contributed by atoms with Gasteiger partial charge in [-0.25, -0.2) is 12.7 Å². The number of nitrogens with one attached hydrogen (secondary N) is 1. The normalized spacial score (nSPS) is 13.9. The van der Waals surface area contributed by atoms with Crippen molar-refractivity contribution in [1.29, 1.82) is 0 Å². The Bertz CT molecular complexity index is 1880. The number of hydrogen-bond acceptors (Lipinski definition) is 8. The van der Waals surface area contributed by atoms with Crippen LogP contribution >= 0.6 is 0 Å². The summed E-state index contributed by atoms with van der Waals surface area (Å²) in [6.45, 7) is 3.96. The van der Waals surface area contributed by atoms with Gasteiger partial charge >= 0.3 is 5.97 Å². The average Bonchev–Trinajstić information content (AvgIpc) is 3.59. The van der Waals surface area contributed by atoms with Crippen molar-refractivity contribution in [3.8, 4) is 22.5 Å². The van der Waals surface area contributed by atoms with Gasteiger partial charge in [0.2, 0.25) is 10.0 Å². The molecule has 1 N–H and O–H groups in total. The minimum absolute atomic E-state index is 0.0246. The number of sulfonamides is 1. The molecule has 0 spiro atoms. The quantitative estimate of drug-likeness (QED) is 0.191. The van der Waals surface area contributed by atoms with E-state index in [0.717, 1.165) is 46.9 Å². The summed E-state index contributed by atoms with van der Waals surface area (Å²) in [5.41, 5.74) is 6.03. The smallest absolute Gasteiger partial charge is 0.316 e. The molecular formula is C33H33N5O5S. The fourth-order valence-electron chi connectivity index (χ4n) is 5.46. The fraction of sp³-hybridized carbons (Fsp3) is 0.273. The standard InChI is InChI=1S/C33H33N5O5S/c1-4-42-32(39)33(18-19-33)27-16-14-25(15-17-27)24-10-12-26(13-11-24)30-28(22(2)36-43-30)21-38(44(3,40)41)31-29(34-37-35-31)20-23-8-6-5-7-9-23/h5-17H,4,18-21H2,1-3H3,(H,34,35,37). The molecule has 0 amide bonds. The first-order valence-electron chi connectivity index (χ1n) is 14.4. The first kappa shape index (κ1) is 29.3. The maximum Gasteiger partial charge on any atom is 0.316 e. The topological polar surface area (TPSA) is 131 Å². The van der Waals surface area contributed by atoms with E-state index in [1.807, 2.05) is 85.8 Å². The molecule has 1 aliphatic rings. The van der Waals surface area contributed by atoms with E-state index in [1.165, 1.54) is 4.31 Å². The summed E-state index contributed by atoms with van der Waals surface area (Å²) >= 11 is 0. The molecule has 6 rings (SSSR count). The molecule has 0 aliphatic heterocycles. The number of benzene rings is 3. The summed E-state index contributed by atoms with van der Waals surface area (Å²) < 4.78 is 38.4. The summed E-state index contributed by atoms with van der Waals surface area (Å²) in [6.07, 6.45) is 3.20. The van der Waals surface area contributed by atoms with E-state index < -0.39 is 15.4 Å². The van der Waals surface area contributed by atoms with Crippen molar-refractivity contribution >= 4 is 21.8 Å². The van der Waals surface area contributed by atoms with Crippen LogP contribution in [0, 0.1) is 6.92 Å². The minimum atomic E-state index is -3.74. The van der Waals surface area contributed by atoms with E-state index in [0.29, 0.717) is 35.7 Å². The first-order chi connectivity index (χ1) is 21.2. The highest BCUT2D eigenvalue weighted by atomic mass is 32.2. The van der Waals surface area contributed by atoms with Gasteiger partial charge in [-0.05, 0) is 48.9 Å². The van der Waals surface area contributed by atoms with E-state index in [-0.39, 0.29) is 18.3 Å². The highest BCUT2D eigenvalue weighted by Crippen LogP contribution is 2.49. The Balaban J connectivity index is 1.25. The zero-order valence-electron chi connectivity index (χ0n) is 24.8. The number of hydrogen-bond donors (Lipinski definition) is 1. The van der Waals surface area contributed by atoms with Gasteiger partial charge in [-0.3, -0.25) is 9.89 Å². The predicted molar refractivity (Wildman–Crippen MR) is 166 cm³/mol. The molecule has 0 bridgehead atoms. The van der Waals surface area contributed by atoms with Gasteiger partial charge < -0.3 is 9.26 Å². The van der Waals surface area contributed by atoms with Crippen LogP contribution < -0.4 is 4.31 Å². The second kappa shape index (κ2) is 11.7. The van der Waals surface area contributed by atoms with Crippen LogP contribution in [0.1, 0.15) is 47.8 Å². The lowest BCUT2D eigenvalue weighted by Gasteiger charge is -2.21. The zero-order valence-corrected chi connectivity index (χ0v) is 25.6. The monoisotopic (exact) mass is 611 g/mol. The average molecular weight is 612 g/mol. The van der Waals surface area contributed by atoms with Gasteiger partial charge in [0.15, 0.2) is 11.6 Å².